The average molecular weight is 424 g/mol. The minimum atomic E-state index is -0.834. The average Bonchev–Trinajstić information content (AvgIpc) is 3.33. The predicted molar refractivity (Wildman–Crippen MR) is 105 cm³/mol. The van der Waals surface area contributed by atoms with E-state index in [2.05, 4.69) is 0 Å². The largest absolute Gasteiger partial charge is 0.462 e. The molecule has 3 aliphatic rings. The summed E-state index contributed by atoms with van der Waals surface area (Å²) in [4.78, 5) is 35.9. The summed E-state index contributed by atoms with van der Waals surface area (Å²) in [6.07, 6.45) is 1.33. The number of carbonyl (C=O) groups excluding carboxylic acids is 3. The van der Waals surface area contributed by atoms with Crippen LogP contribution in [-0.4, -0.2) is 49.1 Å². The van der Waals surface area contributed by atoms with Gasteiger partial charge in [0, 0.05) is 31.3 Å². The molecule has 0 aromatic carbocycles. The van der Waals surface area contributed by atoms with Crippen LogP contribution in [0.3, 0.4) is 0 Å². The van der Waals surface area contributed by atoms with Crippen molar-refractivity contribution in [2.75, 3.05) is 13.2 Å². The van der Waals surface area contributed by atoms with Gasteiger partial charge in [-0.25, -0.2) is 0 Å². The van der Waals surface area contributed by atoms with Gasteiger partial charge in [0.2, 0.25) is 6.29 Å². The van der Waals surface area contributed by atoms with E-state index >= 15 is 0 Å². The first-order valence-electron chi connectivity index (χ1n) is 10.6. The molecule has 1 aliphatic carbocycles. The van der Waals surface area contributed by atoms with Gasteiger partial charge < -0.3 is 23.7 Å². The Morgan fingerprint density at radius 1 is 1.10 bits per heavy atom. The van der Waals surface area contributed by atoms with E-state index in [0.717, 1.165) is 5.57 Å². The lowest BCUT2D eigenvalue weighted by Crippen LogP contribution is -2.45. The van der Waals surface area contributed by atoms with E-state index in [1.807, 2.05) is 27.7 Å². The molecule has 0 amide bonds. The normalized spacial score (nSPS) is 31.8. The van der Waals surface area contributed by atoms with Gasteiger partial charge in [-0.05, 0) is 18.3 Å². The van der Waals surface area contributed by atoms with Crippen molar-refractivity contribution >= 4 is 17.9 Å². The van der Waals surface area contributed by atoms with Crippen LogP contribution in [0.2, 0.25) is 0 Å². The van der Waals surface area contributed by atoms with E-state index in [-0.39, 0.29) is 48.6 Å². The fourth-order valence-corrected chi connectivity index (χ4v) is 4.38. The molecule has 1 saturated heterocycles. The molecular formula is C22H32O8. The zero-order valence-electron chi connectivity index (χ0n) is 18.3. The molecule has 8 heteroatoms. The van der Waals surface area contributed by atoms with Gasteiger partial charge in [0.25, 0.3) is 0 Å². The molecule has 1 spiro atoms. The maximum Gasteiger partial charge on any atom is 0.309 e. The first-order chi connectivity index (χ1) is 14.1. The smallest absolute Gasteiger partial charge is 0.309 e. The third-order valence-electron chi connectivity index (χ3n) is 5.72. The summed E-state index contributed by atoms with van der Waals surface area (Å²) in [5.74, 6) is -1.13. The number of esters is 3. The highest BCUT2D eigenvalue weighted by molar-refractivity contribution is 5.70. The summed E-state index contributed by atoms with van der Waals surface area (Å²) in [6, 6.07) is 0. The van der Waals surface area contributed by atoms with Gasteiger partial charge in [-0.3, -0.25) is 14.4 Å². The molecule has 3 rings (SSSR count). The molecular weight excluding hydrogens is 392 g/mol. The van der Waals surface area contributed by atoms with Crippen LogP contribution < -0.4 is 0 Å². The molecule has 2 fully saturated rings. The second-order valence-electron chi connectivity index (χ2n) is 9.25. The van der Waals surface area contributed by atoms with Gasteiger partial charge in [0.15, 0.2) is 0 Å². The zero-order chi connectivity index (χ0) is 22.1. The molecule has 2 aliphatic heterocycles. The maximum atomic E-state index is 12.3. The molecule has 2 heterocycles. The van der Waals surface area contributed by atoms with Crippen LogP contribution in [0.15, 0.2) is 11.8 Å². The van der Waals surface area contributed by atoms with Crippen molar-refractivity contribution in [1.29, 1.82) is 0 Å². The number of hydrogen-bond donors (Lipinski definition) is 0. The van der Waals surface area contributed by atoms with Gasteiger partial charge in [0.05, 0.1) is 18.8 Å². The number of rotatable bonds is 8. The summed E-state index contributed by atoms with van der Waals surface area (Å²) in [5.41, 5.74) is 0.0402. The third-order valence-corrected chi connectivity index (χ3v) is 5.72. The molecule has 0 bridgehead atoms. The molecule has 0 aromatic rings. The third kappa shape index (κ3) is 4.96. The monoisotopic (exact) mass is 424 g/mol. The first-order valence-corrected chi connectivity index (χ1v) is 10.6. The van der Waals surface area contributed by atoms with Crippen molar-refractivity contribution in [3.63, 3.8) is 0 Å². The summed E-state index contributed by atoms with van der Waals surface area (Å²) < 4.78 is 28.2. The minimum Gasteiger partial charge on any atom is -0.462 e. The van der Waals surface area contributed by atoms with Crippen LogP contribution in [-0.2, 0) is 38.1 Å². The Morgan fingerprint density at radius 3 is 2.30 bits per heavy atom. The lowest BCUT2D eigenvalue weighted by atomic mass is 9.83. The zero-order valence-corrected chi connectivity index (χ0v) is 18.3. The van der Waals surface area contributed by atoms with Crippen molar-refractivity contribution in [3.8, 4) is 0 Å². The van der Waals surface area contributed by atoms with Crippen LogP contribution in [0, 0.1) is 23.7 Å². The molecule has 168 valence electrons. The van der Waals surface area contributed by atoms with E-state index in [1.54, 1.807) is 0 Å². The predicted octanol–water partition coefficient (Wildman–Crippen LogP) is 2.74. The Labute approximate surface area is 177 Å². The quantitative estimate of drug-likeness (QED) is 0.333. The molecule has 8 nitrogen and oxygen atoms in total. The number of carbonyl (C=O) groups is 3. The van der Waals surface area contributed by atoms with Crippen molar-refractivity contribution in [1.82, 2.24) is 0 Å². The van der Waals surface area contributed by atoms with Gasteiger partial charge in [-0.1, -0.05) is 27.7 Å². The lowest BCUT2D eigenvalue weighted by molar-refractivity contribution is -0.192. The molecule has 30 heavy (non-hydrogen) atoms. The van der Waals surface area contributed by atoms with Crippen LogP contribution in [0.1, 0.15) is 53.9 Å². The van der Waals surface area contributed by atoms with Crippen molar-refractivity contribution < 1.29 is 38.1 Å². The molecule has 1 saturated carbocycles. The van der Waals surface area contributed by atoms with Gasteiger partial charge in [-0.2, -0.15) is 0 Å². The Kier molecular flexibility index (Phi) is 6.75. The van der Waals surface area contributed by atoms with Crippen molar-refractivity contribution in [2.24, 2.45) is 23.7 Å². The Morgan fingerprint density at radius 2 is 1.73 bits per heavy atom. The molecule has 0 N–H and O–H groups in total. The second kappa shape index (κ2) is 8.96. The molecule has 0 aromatic heterocycles. The number of ether oxygens (including phenoxy) is 5. The standard InChI is InChI=1S/C22H32O8/c1-12(2)6-18(24)26-9-15-10-27-21(30-19(25)7-13(3)4)20-16(15)8-17(29-14(5)23)22(20)11-28-22/h10,12-13,16-17,20-21H,6-9,11H2,1-5H3/t16?,17-,20+,21-,22+/m0/s1. The minimum absolute atomic E-state index is 0.0856. The molecule has 0 radical (unpaired) electrons. The van der Waals surface area contributed by atoms with Gasteiger partial charge in [0.1, 0.15) is 18.3 Å². The lowest BCUT2D eigenvalue weighted by Gasteiger charge is -2.35. The van der Waals surface area contributed by atoms with Gasteiger partial charge >= 0.3 is 17.9 Å². The van der Waals surface area contributed by atoms with E-state index in [4.69, 9.17) is 23.7 Å². The van der Waals surface area contributed by atoms with Crippen molar-refractivity contribution in [3.05, 3.63) is 11.8 Å². The summed E-state index contributed by atoms with van der Waals surface area (Å²) in [5, 5.41) is 0. The van der Waals surface area contributed by atoms with E-state index in [1.165, 1.54) is 13.2 Å². The summed E-state index contributed by atoms with van der Waals surface area (Å²) in [6.45, 7) is 9.62. The highest BCUT2D eigenvalue weighted by atomic mass is 16.7. The Bertz CT molecular complexity index is 706. The highest BCUT2D eigenvalue weighted by Gasteiger charge is 2.70. The number of fused-ring (bicyclic) bond motifs is 2. The Hall–Kier alpha value is -2.09. The van der Waals surface area contributed by atoms with Crippen LogP contribution in [0.4, 0.5) is 0 Å². The molecule has 5 atom stereocenters. The van der Waals surface area contributed by atoms with Crippen LogP contribution in [0.25, 0.3) is 0 Å². The number of epoxide rings is 1. The fraction of sp³-hybridized carbons (Fsp3) is 0.773. The fourth-order valence-electron chi connectivity index (χ4n) is 4.38. The van der Waals surface area contributed by atoms with E-state index < -0.39 is 24.0 Å². The maximum absolute atomic E-state index is 12.3. The van der Waals surface area contributed by atoms with E-state index in [0.29, 0.717) is 19.4 Å². The van der Waals surface area contributed by atoms with Crippen LogP contribution in [0.5, 0.6) is 0 Å². The summed E-state index contributed by atoms with van der Waals surface area (Å²) >= 11 is 0. The highest BCUT2D eigenvalue weighted by Crippen LogP contribution is 2.57. The topological polar surface area (TPSA) is 101 Å². The van der Waals surface area contributed by atoms with Crippen molar-refractivity contribution in [2.45, 2.75) is 71.9 Å². The SMILES string of the molecule is CC(=O)O[C@H]1CC2C(COC(=O)CC(C)C)=CO[C@@H](OC(=O)CC(C)C)[C@@H]2[C@@]12CO2. The second-order valence-corrected chi connectivity index (χ2v) is 9.25. The first kappa shape index (κ1) is 22.6. The molecule has 1 unspecified atom stereocenters. The van der Waals surface area contributed by atoms with Gasteiger partial charge in [-0.15, -0.1) is 0 Å². The Balaban J connectivity index is 1.77. The van der Waals surface area contributed by atoms with Crippen LogP contribution >= 0.6 is 0 Å². The summed E-state index contributed by atoms with van der Waals surface area (Å²) in [7, 11) is 0. The van der Waals surface area contributed by atoms with E-state index in [9.17, 15) is 14.4 Å². The number of hydrogen-bond acceptors (Lipinski definition) is 8.